The van der Waals surface area contributed by atoms with Gasteiger partial charge < -0.3 is 24.7 Å². The lowest BCUT2D eigenvalue weighted by Crippen LogP contribution is -2.63. The molecule has 0 radical (unpaired) electrons. The molecule has 38 heavy (non-hydrogen) atoms. The molecule has 0 spiro atoms. The number of aliphatic carboxylic acids is 1. The van der Waals surface area contributed by atoms with Gasteiger partial charge >= 0.3 is 5.97 Å². The minimum atomic E-state index is -1.41. The molecule has 1 aliphatic rings. The summed E-state index contributed by atoms with van der Waals surface area (Å²) in [6.45, 7) is 3.74. The predicted molar refractivity (Wildman–Crippen MR) is 132 cm³/mol. The fourth-order valence-corrected chi connectivity index (χ4v) is 4.47. The van der Waals surface area contributed by atoms with Gasteiger partial charge in [-0.3, -0.25) is 19.2 Å². The number of carbonyl (C=O) groups excluding carboxylic acids is 3. The zero-order valence-electron chi connectivity index (χ0n) is 20.9. The summed E-state index contributed by atoms with van der Waals surface area (Å²) < 4.78 is 18.5. The van der Waals surface area contributed by atoms with Gasteiger partial charge in [0, 0.05) is 24.7 Å². The van der Waals surface area contributed by atoms with E-state index in [4.69, 9.17) is 4.52 Å². The van der Waals surface area contributed by atoms with Crippen LogP contribution in [0.5, 0.6) is 0 Å². The van der Waals surface area contributed by atoms with Crippen molar-refractivity contribution in [2.45, 2.75) is 38.9 Å². The molecule has 11 heteroatoms. The summed E-state index contributed by atoms with van der Waals surface area (Å²) in [5, 5.41) is 16.0. The van der Waals surface area contributed by atoms with Crippen LogP contribution in [0.4, 0.5) is 4.39 Å². The molecular weight excluding hydrogens is 495 g/mol. The number of carboxylic acids is 1. The van der Waals surface area contributed by atoms with Gasteiger partial charge in [-0.2, -0.15) is 0 Å². The van der Waals surface area contributed by atoms with Crippen molar-refractivity contribution < 1.29 is 33.2 Å². The smallest absolute Gasteiger partial charge is 0.305 e. The third-order valence-corrected chi connectivity index (χ3v) is 6.22. The molecule has 1 aliphatic heterocycles. The summed E-state index contributed by atoms with van der Waals surface area (Å²) in [6, 6.07) is 12.4. The fraction of sp³-hybridized carbons (Fsp3) is 0.296. The Morgan fingerprint density at radius 1 is 1.05 bits per heavy atom. The van der Waals surface area contributed by atoms with Crippen LogP contribution in [0.2, 0.25) is 0 Å². The molecule has 198 valence electrons. The standard InChI is InChI=1S/C27H27FN4O6/c1-16-5-3-6-19(13-16)21(15-23(33)34)29-24(35)25-31(26(36)18-7-9-20(28)10-8-18)11-4-12-32(25)27(37)22-14-17(2)38-30-22/h3,5-10,13-14,21,25H,4,11-12,15H2,1-2H3,(H,29,35)(H,33,34). The molecule has 4 rings (SSSR count). The van der Waals surface area contributed by atoms with Crippen LogP contribution >= 0.6 is 0 Å². The number of aromatic nitrogens is 1. The molecular formula is C27H27FN4O6. The molecule has 2 atom stereocenters. The van der Waals surface area contributed by atoms with Crippen LogP contribution in [0.3, 0.4) is 0 Å². The lowest BCUT2D eigenvalue weighted by molar-refractivity contribution is -0.138. The number of nitrogens with one attached hydrogen (secondary N) is 1. The van der Waals surface area contributed by atoms with E-state index >= 15 is 0 Å². The van der Waals surface area contributed by atoms with Gasteiger partial charge in [-0.15, -0.1) is 0 Å². The highest BCUT2D eigenvalue weighted by atomic mass is 19.1. The second-order valence-corrected chi connectivity index (χ2v) is 9.13. The molecule has 10 nitrogen and oxygen atoms in total. The van der Waals surface area contributed by atoms with Gasteiger partial charge in [0.1, 0.15) is 11.6 Å². The summed E-state index contributed by atoms with van der Waals surface area (Å²) in [6.07, 6.45) is -1.45. The van der Waals surface area contributed by atoms with E-state index in [2.05, 4.69) is 10.5 Å². The maximum atomic E-state index is 13.8. The number of nitrogens with zero attached hydrogens (tertiary/aromatic N) is 3. The molecule has 2 heterocycles. The van der Waals surface area contributed by atoms with Crippen molar-refractivity contribution in [2.24, 2.45) is 0 Å². The van der Waals surface area contributed by atoms with Crippen molar-refractivity contribution in [3.63, 3.8) is 0 Å². The van der Waals surface area contributed by atoms with E-state index in [0.717, 1.165) is 17.7 Å². The van der Waals surface area contributed by atoms with Crippen LogP contribution < -0.4 is 5.32 Å². The lowest BCUT2D eigenvalue weighted by atomic mass is 10.0. The molecule has 0 aliphatic carbocycles. The maximum absolute atomic E-state index is 13.8. The minimum Gasteiger partial charge on any atom is -0.481 e. The summed E-state index contributed by atoms with van der Waals surface area (Å²) in [4.78, 5) is 54.8. The van der Waals surface area contributed by atoms with Crippen LogP contribution in [-0.2, 0) is 9.59 Å². The highest BCUT2D eigenvalue weighted by molar-refractivity contribution is 6.01. The number of amides is 3. The van der Waals surface area contributed by atoms with Crippen molar-refractivity contribution in [1.82, 2.24) is 20.3 Å². The number of rotatable bonds is 7. The topological polar surface area (TPSA) is 133 Å². The third-order valence-electron chi connectivity index (χ3n) is 6.22. The average Bonchev–Trinajstić information content (AvgIpc) is 3.33. The molecule has 3 aromatic rings. The van der Waals surface area contributed by atoms with E-state index in [9.17, 15) is 28.7 Å². The molecule has 2 aromatic carbocycles. The molecule has 1 saturated heterocycles. The van der Waals surface area contributed by atoms with E-state index in [1.54, 1.807) is 25.1 Å². The molecule has 0 bridgehead atoms. The SMILES string of the molecule is Cc1cccc(C(CC(=O)O)NC(=O)C2N(C(=O)c3ccc(F)cc3)CCCN2C(=O)c2cc(C)on2)c1. The molecule has 1 aromatic heterocycles. The fourth-order valence-electron chi connectivity index (χ4n) is 4.47. The second kappa shape index (κ2) is 11.2. The van der Waals surface area contributed by atoms with Crippen molar-refractivity contribution in [3.8, 4) is 0 Å². The van der Waals surface area contributed by atoms with E-state index in [-0.39, 0.29) is 24.3 Å². The lowest BCUT2D eigenvalue weighted by Gasteiger charge is -2.42. The van der Waals surface area contributed by atoms with Crippen molar-refractivity contribution >= 4 is 23.7 Å². The number of halogens is 1. The Balaban J connectivity index is 1.71. The Labute approximate surface area is 218 Å². The average molecular weight is 523 g/mol. The number of carboxylic acid groups (broad SMARTS) is 1. The van der Waals surface area contributed by atoms with Gasteiger partial charge in [0.25, 0.3) is 17.7 Å². The summed E-state index contributed by atoms with van der Waals surface area (Å²) in [5.41, 5.74) is 1.54. The van der Waals surface area contributed by atoms with Crippen molar-refractivity contribution in [3.05, 3.63) is 88.6 Å². The van der Waals surface area contributed by atoms with E-state index < -0.39 is 48.1 Å². The third kappa shape index (κ3) is 5.88. The van der Waals surface area contributed by atoms with Crippen LogP contribution in [0.25, 0.3) is 0 Å². The first kappa shape index (κ1) is 26.5. The Morgan fingerprint density at radius 3 is 2.34 bits per heavy atom. The molecule has 0 saturated carbocycles. The van der Waals surface area contributed by atoms with Crippen LogP contribution in [0, 0.1) is 19.7 Å². The van der Waals surface area contributed by atoms with Crippen LogP contribution in [0.15, 0.2) is 59.1 Å². The van der Waals surface area contributed by atoms with Crippen LogP contribution in [0.1, 0.15) is 56.6 Å². The first-order valence-corrected chi connectivity index (χ1v) is 12.0. The van der Waals surface area contributed by atoms with Crippen molar-refractivity contribution in [1.29, 1.82) is 0 Å². The number of benzene rings is 2. The monoisotopic (exact) mass is 522 g/mol. The first-order valence-electron chi connectivity index (χ1n) is 12.0. The largest absolute Gasteiger partial charge is 0.481 e. The number of hydrogen-bond donors (Lipinski definition) is 2. The number of hydrogen-bond acceptors (Lipinski definition) is 6. The normalized spacial score (nSPS) is 16.1. The van der Waals surface area contributed by atoms with Gasteiger partial charge in [-0.25, -0.2) is 4.39 Å². The first-order chi connectivity index (χ1) is 18.1. The molecule has 2 unspecified atom stereocenters. The highest BCUT2D eigenvalue weighted by Gasteiger charge is 2.42. The Bertz CT molecular complexity index is 1360. The maximum Gasteiger partial charge on any atom is 0.305 e. The zero-order valence-corrected chi connectivity index (χ0v) is 20.9. The Hall–Kier alpha value is -4.54. The zero-order chi connectivity index (χ0) is 27.4. The van der Waals surface area contributed by atoms with Gasteiger partial charge in [0.15, 0.2) is 11.9 Å². The quantitative estimate of drug-likeness (QED) is 0.487. The highest BCUT2D eigenvalue weighted by Crippen LogP contribution is 2.24. The van der Waals surface area contributed by atoms with E-state index in [1.165, 1.54) is 28.0 Å². The Morgan fingerprint density at radius 2 is 1.74 bits per heavy atom. The van der Waals surface area contributed by atoms with Gasteiger partial charge in [-0.1, -0.05) is 35.0 Å². The Kier molecular flexibility index (Phi) is 7.85. The van der Waals surface area contributed by atoms with E-state index in [0.29, 0.717) is 17.7 Å². The van der Waals surface area contributed by atoms with Gasteiger partial charge in [0.2, 0.25) is 0 Å². The van der Waals surface area contributed by atoms with Crippen LogP contribution in [-0.4, -0.2) is 63.0 Å². The summed E-state index contributed by atoms with van der Waals surface area (Å²) in [5.74, 6) is -3.20. The minimum absolute atomic E-state index is 0.0304. The molecule has 3 amide bonds. The number of aryl methyl sites for hydroxylation is 2. The van der Waals surface area contributed by atoms with E-state index in [1.807, 2.05) is 13.0 Å². The summed E-state index contributed by atoms with van der Waals surface area (Å²) in [7, 11) is 0. The van der Waals surface area contributed by atoms with Gasteiger partial charge in [-0.05, 0) is 50.1 Å². The van der Waals surface area contributed by atoms with Crippen molar-refractivity contribution in [2.75, 3.05) is 13.1 Å². The predicted octanol–water partition coefficient (Wildman–Crippen LogP) is 3.08. The number of carbonyl (C=O) groups is 4. The second-order valence-electron chi connectivity index (χ2n) is 9.13. The molecule has 2 N–H and O–H groups in total. The van der Waals surface area contributed by atoms with Gasteiger partial charge in [0.05, 0.1) is 12.5 Å². The molecule has 1 fully saturated rings. The summed E-state index contributed by atoms with van der Waals surface area (Å²) >= 11 is 0.